The number of aryl methyl sites for hydroxylation is 1. The van der Waals surface area contributed by atoms with E-state index in [0.29, 0.717) is 6.01 Å². The molecule has 0 radical (unpaired) electrons. The molecular formula is C22H23N3O2. The van der Waals surface area contributed by atoms with Crippen LogP contribution in [0.2, 0.25) is 0 Å². The number of ether oxygens (including phenoxy) is 1. The van der Waals surface area contributed by atoms with E-state index in [0.717, 1.165) is 42.8 Å². The molecule has 3 heterocycles. The summed E-state index contributed by atoms with van der Waals surface area (Å²) in [4.78, 5) is 6.95. The van der Waals surface area contributed by atoms with Crippen molar-refractivity contribution >= 4 is 28.0 Å². The summed E-state index contributed by atoms with van der Waals surface area (Å²) in [6.45, 7) is 4.53. The zero-order chi connectivity index (χ0) is 18.4. The predicted molar refractivity (Wildman–Crippen MR) is 108 cm³/mol. The second-order valence-electron chi connectivity index (χ2n) is 7.23. The molecule has 1 saturated heterocycles. The molecule has 0 unspecified atom stereocenters. The molecule has 0 bridgehead atoms. The number of oxazole rings is 1. The molecule has 138 valence electrons. The minimum atomic E-state index is 0.252. The van der Waals surface area contributed by atoms with E-state index in [4.69, 9.17) is 14.1 Å². The van der Waals surface area contributed by atoms with Crippen LogP contribution in [-0.2, 0) is 11.8 Å². The molecule has 5 heteroatoms. The van der Waals surface area contributed by atoms with Crippen LogP contribution in [0.4, 0.5) is 6.01 Å². The lowest BCUT2D eigenvalue weighted by Crippen LogP contribution is -2.42. The van der Waals surface area contributed by atoms with Crippen molar-refractivity contribution in [2.75, 3.05) is 24.6 Å². The maximum absolute atomic E-state index is 6.02. The molecule has 2 aromatic carbocycles. The van der Waals surface area contributed by atoms with Crippen LogP contribution in [0.15, 0.2) is 53.1 Å². The Morgan fingerprint density at radius 2 is 1.96 bits per heavy atom. The third-order valence-electron chi connectivity index (χ3n) is 5.46. The number of morpholine rings is 1. The number of anilines is 1. The Labute approximate surface area is 158 Å². The van der Waals surface area contributed by atoms with Crippen LogP contribution in [-0.4, -0.2) is 35.4 Å². The normalized spacial score (nSPS) is 17.9. The Balaban J connectivity index is 1.49. The average Bonchev–Trinajstić information content (AvgIpc) is 3.31. The van der Waals surface area contributed by atoms with Crippen molar-refractivity contribution < 1.29 is 9.15 Å². The Kier molecular flexibility index (Phi) is 3.90. The van der Waals surface area contributed by atoms with Crippen molar-refractivity contribution in [3.63, 3.8) is 0 Å². The van der Waals surface area contributed by atoms with Gasteiger partial charge in [0.15, 0.2) is 5.58 Å². The summed E-state index contributed by atoms with van der Waals surface area (Å²) in [6.07, 6.45) is 3.35. The molecule has 0 saturated carbocycles. The zero-order valence-corrected chi connectivity index (χ0v) is 15.7. The number of aromatic nitrogens is 2. The Morgan fingerprint density at radius 3 is 2.85 bits per heavy atom. The second-order valence-corrected chi connectivity index (χ2v) is 7.23. The fourth-order valence-electron chi connectivity index (χ4n) is 3.83. The molecule has 27 heavy (non-hydrogen) atoms. The van der Waals surface area contributed by atoms with Crippen molar-refractivity contribution in [1.82, 2.24) is 9.55 Å². The summed E-state index contributed by atoms with van der Waals surface area (Å²) in [5.74, 6) is 0. The minimum Gasteiger partial charge on any atom is -0.423 e. The molecule has 0 spiro atoms. The quantitative estimate of drug-likeness (QED) is 0.535. The lowest BCUT2D eigenvalue weighted by atomic mass is 10.0. The smallest absolute Gasteiger partial charge is 0.298 e. The summed E-state index contributed by atoms with van der Waals surface area (Å²) in [7, 11) is 2.07. The highest BCUT2D eigenvalue weighted by molar-refractivity contribution is 5.88. The first-order valence-electron chi connectivity index (χ1n) is 9.54. The lowest BCUT2D eigenvalue weighted by molar-refractivity contribution is 0.0368. The molecule has 1 aliphatic heterocycles. The molecule has 1 atom stereocenters. The molecule has 1 aliphatic rings. The summed E-state index contributed by atoms with van der Waals surface area (Å²) in [5.41, 5.74) is 5.31. The molecule has 2 aromatic heterocycles. The van der Waals surface area contributed by atoms with Crippen molar-refractivity contribution in [3.8, 4) is 11.1 Å². The molecule has 5 nitrogen and oxygen atoms in total. The first-order chi connectivity index (χ1) is 13.2. The van der Waals surface area contributed by atoms with Gasteiger partial charge in [-0.25, -0.2) is 0 Å². The molecule has 0 aliphatic carbocycles. The van der Waals surface area contributed by atoms with E-state index in [9.17, 15) is 0 Å². The van der Waals surface area contributed by atoms with Gasteiger partial charge >= 0.3 is 0 Å². The average molecular weight is 361 g/mol. The fraction of sp³-hybridized carbons (Fsp3) is 0.318. The van der Waals surface area contributed by atoms with Gasteiger partial charge in [0.2, 0.25) is 0 Å². The van der Waals surface area contributed by atoms with Gasteiger partial charge in [0.1, 0.15) is 5.52 Å². The first kappa shape index (κ1) is 16.4. The van der Waals surface area contributed by atoms with Crippen molar-refractivity contribution in [2.24, 2.45) is 7.05 Å². The summed E-state index contributed by atoms with van der Waals surface area (Å²) in [6, 6.07) is 15.6. The van der Waals surface area contributed by atoms with Crippen LogP contribution in [0.3, 0.4) is 0 Å². The van der Waals surface area contributed by atoms with Crippen molar-refractivity contribution in [3.05, 3.63) is 48.7 Å². The van der Waals surface area contributed by atoms with Crippen LogP contribution >= 0.6 is 0 Å². The highest BCUT2D eigenvalue weighted by Crippen LogP contribution is 2.30. The van der Waals surface area contributed by atoms with Gasteiger partial charge in [0, 0.05) is 37.2 Å². The van der Waals surface area contributed by atoms with Crippen LogP contribution in [0.1, 0.15) is 13.3 Å². The van der Waals surface area contributed by atoms with E-state index in [2.05, 4.69) is 66.0 Å². The highest BCUT2D eigenvalue weighted by Gasteiger charge is 2.23. The lowest BCUT2D eigenvalue weighted by Gasteiger charge is -2.31. The molecule has 0 amide bonds. The SMILES string of the molecule is CC[C@H]1CN(c2nc3cc(-c4ccc5c(ccn5C)c4)ccc3o2)CCO1. The van der Waals surface area contributed by atoms with Crippen molar-refractivity contribution in [2.45, 2.75) is 19.4 Å². The van der Waals surface area contributed by atoms with Gasteiger partial charge in [-0.2, -0.15) is 4.98 Å². The van der Waals surface area contributed by atoms with E-state index < -0.39 is 0 Å². The zero-order valence-electron chi connectivity index (χ0n) is 15.7. The van der Waals surface area contributed by atoms with Gasteiger partial charge in [0.05, 0.1) is 12.7 Å². The largest absolute Gasteiger partial charge is 0.423 e. The highest BCUT2D eigenvalue weighted by atomic mass is 16.5. The monoisotopic (exact) mass is 361 g/mol. The second kappa shape index (κ2) is 6.43. The predicted octanol–water partition coefficient (Wildman–Crippen LogP) is 4.60. The van der Waals surface area contributed by atoms with Crippen LogP contribution in [0, 0.1) is 0 Å². The molecular weight excluding hydrogens is 338 g/mol. The van der Waals surface area contributed by atoms with Crippen LogP contribution in [0.5, 0.6) is 0 Å². The van der Waals surface area contributed by atoms with Gasteiger partial charge in [-0.15, -0.1) is 0 Å². The van der Waals surface area contributed by atoms with E-state index >= 15 is 0 Å². The van der Waals surface area contributed by atoms with E-state index in [1.807, 2.05) is 6.07 Å². The topological polar surface area (TPSA) is 43.4 Å². The summed E-state index contributed by atoms with van der Waals surface area (Å²) < 4.78 is 13.9. The molecule has 5 rings (SSSR count). The van der Waals surface area contributed by atoms with Crippen LogP contribution in [0.25, 0.3) is 33.1 Å². The Hall–Kier alpha value is -2.79. The summed E-state index contributed by atoms with van der Waals surface area (Å²) in [5, 5.41) is 1.25. The van der Waals surface area contributed by atoms with Gasteiger partial charge in [-0.05, 0) is 47.9 Å². The van der Waals surface area contributed by atoms with Gasteiger partial charge in [-0.3, -0.25) is 0 Å². The van der Waals surface area contributed by atoms with Gasteiger partial charge in [0.25, 0.3) is 6.01 Å². The number of benzene rings is 2. The van der Waals surface area contributed by atoms with Crippen LogP contribution < -0.4 is 4.90 Å². The number of fused-ring (bicyclic) bond motifs is 2. The first-order valence-corrected chi connectivity index (χ1v) is 9.54. The number of rotatable bonds is 3. The summed E-state index contributed by atoms with van der Waals surface area (Å²) >= 11 is 0. The van der Waals surface area contributed by atoms with E-state index in [1.54, 1.807) is 0 Å². The standard InChI is InChI=1S/C22H23N3O2/c1-3-18-14-25(10-11-26-18)22-23-19-13-16(5-7-21(19)27-22)15-4-6-20-17(12-15)8-9-24(20)2/h4-9,12-13,18H,3,10-11,14H2,1-2H3/t18-/m0/s1. The maximum Gasteiger partial charge on any atom is 0.298 e. The fourth-order valence-corrected chi connectivity index (χ4v) is 3.83. The Bertz CT molecular complexity index is 1110. The van der Waals surface area contributed by atoms with Gasteiger partial charge < -0.3 is 18.6 Å². The number of hydrogen-bond acceptors (Lipinski definition) is 4. The number of nitrogens with zero attached hydrogens (tertiary/aromatic N) is 3. The van der Waals surface area contributed by atoms with Gasteiger partial charge in [-0.1, -0.05) is 19.1 Å². The van der Waals surface area contributed by atoms with E-state index in [-0.39, 0.29) is 6.10 Å². The minimum absolute atomic E-state index is 0.252. The third-order valence-corrected chi connectivity index (χ3v) is 5.46. The third kappa shape index (κ3) is 2.88. The Morgan fingerprint density at radius 1 is 1.11 bits per heavy atom. The molecule has 0 N–H and O–H groups in total. The molecule has 4 aromatic rings. The van der Waals surface area contributed by atoms with Crippen molar-refractivity contribution in [1.29, 1.82) is 0 Å². The van der Waals surface area contributed by atoms with E-state index in [1.165, 1.54) is 16.5 Å². The molecule has 1 fully saturated rings. The maximum atomic E-state index is 6.02. The number of hydrogen-bond donors (Lipinski definition) is 0.